The van der Waals surface area contributed by atoms with E-state index in [4.69, 9.17) is 32.7 Å². The number of rotatable bonds is 12. The molecule has 0 aliphatic carbocycles. The number of hydrogen-bond acceptors (Lipinski definition) is 4. The van der Waals surface area contributed by atoms with Crippen molar-refractivity contribution in [3.63, 3.8) is 0 Å². The van der Waals surface area contributed by atoms with Crippen molar-refractivity contribution in [2.75, 3.05) is 52.4 Å². The minimum absolute atomic E-state index is 0.0884. The lowest BCUT2D eigenvalue weighted by Gasteiger charge is -2.28. The molecule has 3 amide bonds. The fourth-order valence-corrected chi connectivity index (χ4v) is 3.51. The van der Waals surface area contributed by atoms with Crippen molar-refractivity contribution in [2.24, 2.45) is 7.05 Å². The molecule has 0 spiro atoms. The number of halogens is 2. The smallest absolute Gasteiger partial charge is 0.322 e. The SMILES string of the molecule is COCCCN(CC(=O)N(CCOC)Cc1cccn1C)C(=O)Nc1ccc(Cl)cc1Cl. The molecule has 10 heteroatoms. The van der Waals surface area contributed by atoms with Gasteiger partial charge in [-0.15, -0.1) is 0 Å². The van der Waals surface area contributed by atoms with Crippen molar-refractivity contribution in [3.8, 4) is 0 Å². The second kappa shape index (κ2) is 13.3. The number of urea groups is 1. The number of ether oxygens (including phenoxy) is 2. The van der Waals surface area contributed by atoms with Crippen LogP contribution in [0.1, 0.15) is 12.1 Å². The van der Waals surface area contributed by atoms with E-state index in [1.165, 1.54) is 4.90 Å². The van der Waals surface area contributed by atoms with Crippen LogP contribution in [0, 0.1) is 0 Å². The van der Waals surface area contributed by atoms with E-state index in [1.54, 1.807) is 37.3 Å². The van der Waals surface area contributed by atoms with E-state index < -0.39 is 6.03 Å². The number of aryl methyl sites for hydroxylation is 1. The largest absolute Gasteiger partial charge is 0.385 e. The van der Waals surface area contributed by atoms with E-state index in [0.717, 1.165) is 5.69 Å². The maximum Gasteiger partial charge on any atom is 0.322 e. The van der Waals surface area contributed by atoms with Gasteiger partial charge in [0.1, 0.15) is 6.54 Å². The molecule has 1 heterocycles. The van der Waals surface area contributed by atoms with Crippen molar-refractivity contribution in [3.05, 3.63) is 52.3 Å². The van der Waals surface area contributed by atoms with Gasteiger partial charge in [-0.05, 0) is 36.8 Å². The molecule has 32 heavy (non-hydrogen) atoms. The first-order chi connectivity index (χ1) is 15.3. The van der Waals surface area contributed by atoms with E-state index in [-0.39, 0.29) is 12.5 Å². The van der Waals surface area contributed by atoms with Crippen LogP contribution in [0.4, 0.5) is 10.5 Å². The van der Waals surface area contributed by atoms with Gasteiger partial charge < -0.3 is 29.2 Å². The Morgan fingerprint density at radius 3 is 2.44 bits per heavy atom. The van der Waals surface area contributed by atoms with Gasteiger partial charge in [0.05, 0.1) is 23.9 Å². The average Bonchev–Trinajstić information content (AvgIpc) is 3.16. The second-order valence-electron chi connectivity index (χ2n) is 7.24. The molecule has 0 radical (unpaired) electrons. The number of amides is 3. The summed E-state index contributed by atoms with van der Waals surface area (Å²) in [6.07, 6.45) is 2.51. The zero-order chi connectivity index (χ0) is 23.5. The molecule has 0 saturated heterocycles. The molecule has 176 valence electrons. The highest BCUT2D eigenvalue weighted by Crippen LogP contribution is 2.25. The Kier molecular flexibility index (Phi) is 10.8. The normalized spacial score (nSPS) is 10.8. The number of methoxy groups -OCH3 is 2. The first-order valence-electron chi connectivity index (χ1n) is 10.2. The van der Waals surface area contributed by atoms with Crippen molar-refractivity contribution < 1.29 is 19.1 Å². The first kappa shape index (κ1) is 26.0. The molecule has 0 aliphatic heterocycles. The molecule has 1 N–H and O–H groups in total. The predicted octanol–water partition coefficient (Wildman–Crippen LogP) is 3.88. The number of anilines is 1. The van der Waals surface area contributed by atoms with Crippen LogP contribution < -0.4 is 5.32 Å². The zero-order valence-electron chi connectivity index (χ0n) is 18.6. The summed E-state index contributed by atoms with van der Waals surface area (Å²) in [7, 11) is 5.11. The third-order valence-electron chi connectivity index (χ3n) is 4.88. The van der Waals surface area contributed by atoms with Gasteiger partial charge >= 0.3 is 6.03 Å². The number of nitrogens with one attached hydrogen (secondary N) is 1. The molecule has 1 aromatic heterocycles. The Balaban J connectivity index is 2.13. The van der Waals surface area contributed by atoms with Crippen LogP contribution in [0.3, 0.4) is 0 Å². The molecule has 2 rings (SSSR count). The zero-order valence-corrected chi connectivity index (χ0v) is 20.2. The molecular weight excluding hydrogens is 455 g/mol. The highest BCUT2D eigenvalue weighted by Gasteiger charge is 2.22. The molecule has 8 nitrogen and oxygen atoms in total. The number of aromatic nitrogens is 1. The van der Waals surface area contributed by atoms with Crippen molar-refractivity contribution >= 4 is 40.8 Å². The van der Waals surface area contributed by atoms with E-state index in [9.17, 15) is 9.59 Å². The number of carbonyl (C=O) groups excluding carboxylic acids is 2. The molecular formula is C22H30Cl2N4O4. The minimum atomic E-state index is -0.427. The van der Waals surface area contributed by atoms with Crippen LogP contribution in [-0.2, 0) is 27.9 Å². The summed E-state index contributed by atoms with van der Waals surface area (Å²) in [5.41, 5.74) is 1.41. The molecule has 0 unspecified atom stereocenters. The summed E-state index contributed by atoms with van der Waals surface area (Å²) in [5, 5.41) is 3.55. The quantitative estimate of drug-likeness (QED) is 0.463. The fraction of sp³-hybridized carbons (Fsp3) is 0.455. The highest BCUT2D eigenvalue weighted by molar-refractivity contribution is 6.36. The summed E-state index contributed by atoms with van der Waals surface area (Å²) in [4.78, 5) is 29.3. The van der Waals surface area contributed by atoms with Crippen molar-refractivity contribution in [1.82, 2.24) is 14.4 Å². The summed E-state index contributed by atoms with van der Waals surface area (Å²) in [5.74, 6) is -0.182. The topological polar surface area (TPSA) is 76.0 Å². The van der Waals surface area contributed by atoms with E-state index >= 15 is 0 Å². The Morgan fingerprint density at radius 1 is 1.06 bits per heavy atom. The van der Waals surface area contributed by atoms with Crippen LogP contribution in [0.15, 0.2) is 36.5 Å². The monoisotopic (exact) mass is 484 g/mol. The lowest BCUT2D eigenvalue weighted by atomic mass is 10.3. The molecule has 0 saturated carbocycles. The minimum Gasteiger partial charge on any atom is -0.385 e. The Hall–Kier alpha value is -2.26. The summed E-state index contributed by atoms with van der Waals surface area (Å²) < 4.78 is 12.2. The van der Waals surface area contributed by atoms with Gasteiger partial charge in [0.25, 0.3) is 0 Å². The van der Waals surface area contributed by atoms with Gasteiger partial charge in [-0.2, -0.15) is 0 Å². The van der Waals surface area contributed by atoms with Crippen LogP contribution in [0.2, 0.25) is 10.0 Å². The third-order valence-corrected chi connectivity index (χ3v) is 5.43. The third kappa shape index (κ3) is 8.02. The Bertz CT molecular complexity index is 891. The summed E-state index contributed by atoms with van der Waals surface area (Å²) in [6, 6.07) is 8.26. The molecule has 0 atom stereocenters. The number of benzene rings is 1. The van der Waals surface area contributed by atoms with Crippen LogP contribution in [0.5, 0.6) is 0 Å². The molecule has 0 fully saturated rings. The van der Waals surface area contributed by atoms with Crippen LogP contribution in [0.25, 0.3) is 0 Å². The average molecular weight is 485 g/mol. The van der Waals surface area contributed by atoms with Crippen LogP contribution >= 0.6 is 23.2 Å². The lowest BCUT2D eigenvalue weighted by molar-refractivity contribution is -0.133. The highest BCUT2D eigenvalue weighted by atomic mass is 35.5. The number of nitrogens with zero attached hydrogens (tertiary/aromatic N) is 3. The fourth-order valence-electron chi connectivity index (χ4n) is 3.05. The second-order valence-corrected chi connectivity index (χ2v) is 8.08. The Labute approximate surface area is 199 Å². The standard InChI is InChI=1S/C22H30Cl2N4O4/c1-26-9-4-6-18(26)15-27(11-13-32-3)21(29)16-28(10-5-12-31-2)22(30)25-20-8-7-17(23)14-19(20)24/h4,6-9,14H,5,10-13,15-16H2,1-3H3,(H,25,30). The Morgan fingerprint density at radius 2 is 1.81 bits per heavy atom. The lowest BCUT2D eigenvalue weighted by Crippen LogP contribution is -2.45. The maximum absolute atomic E-state index is 13.2. The maximum atomic E-state index is 13.2. The van der Waals surface area contributed by atoms with Gasteiger partial charge in [-0.25, -0.2) is 4.79 Å². The van der Waals surface area contributed by atoms with Gasteiger partial charge in [-0.3, -0.25) is 4.79 Å². The first-order valence-corrected chi connectivity index (χ1v) is 11.0. The number of hydrogen-bond donors (Lipinski definition) is 1. The van der Waals surface area contributed by atoms with E-state index in [2.05, 4.69) is 5.32 Å². The van der Waals surface area contributed by atoms with Crippen molar-refractivity contribution in [2.45, 2.75) is 13.0 Å². The van der Waals surface area contributed by atoms with Gasteiger partial charge in [0.2, 0.25) is 5.91 Å². The van der Waals surface area contributed by atoms with Crippen molar-refractivity contribution in [1.29, 1.82) is 0 Å². The summed E-state index contributed by atoms with van der Waals surface area (Å²) >= 11 is 12.1. The molecule has 0 bridgehead atoms. The van der Waals surface area contributed by atoms with Crippen LogP contribution in [-0.4, -0.2) is 73.4 Å². The predicted molar refractivity (Wildman–Crippen MR) is 126 cm³/mol. The molecule has 1 aromatic carbocycles. The van der Waals surface area contributed by atoms with E-state index in [0.29, 0.717) is 55.0 Å². The number of carbonyl (C=O) groups is 2. The summed E-state index contributed by atoms with van der Waals surface area (Å²) in [6.45, 7) is 1.95. The van der Waals surface area contributed by atoms with E-state index in [1.807, 2.05) is 29.9 Å². The van der Waals surface area contributed by atoms with Gasteiger partial charge in [0.15, 0.2) is 0 Å². The van der Waals surface area contributed by atoms with Gasteiger partial charge in [-0.1, -0.05) is 23.2 Å². The molecule has 2 aromatic rings. The van der Waals surface area contributed by atoms with Gasteiger partial charge in [0, 0.05) is 57.9 Å². The molecule has 0 aliphatic rings.